The van der Waals surface area contributed by atoms with E-state index >= 15 is 0 Å². The number of hydrogen-bond donors (Lipinski definition) is 0. The lowest BCUT2D eigenvalue weighted by Gasteiger charge is -2.36. The van der Waals surface area contributed by atoms with Crippen molar-refractivity contribution < 1.29 is 9.59 Å². The molecule has 146 valence electrons. The van der Waals surface area contributed by atoms with Gasteiger partial charge >= 0.3 is 0 Å². The molecule has 0 saturated carbocycles. The normalized spacial score (nSPS) is 17.4. The molecule has 1 fully saturated rings. The van der Waals surface area contributed by atoms with Gasteiger partial charge in [0.25, 0.3) is 5.91 Å². The Kier molecular flexibility index (Phi) is 5.40. The molecular weight excluding hydrogens is 372 g/mol. The van der Waals surface area contributed by atoms with E-state index in [1.54, 1.807) is 0 Å². The van der Waals surface area contributed by atoms with Crippen LogP contribution in [0.2, 0.25) is 5.02 Å². The molecule has 5 heteroatoms. The van der Waals surface area contributed by atoms with Crippen molar-refractivity contribution in [3.63, 3.8) is 0 Å². The maximum Gasteiger partial charge on any atom is 0.253 e. The van der Waals surface area contributed by atoms with E-state index in [1.165, 1.54) is 5.56 Å². The maximum absolute atomic E-state index is 13.0. The number of benzene rings is 2. The summed E-state index contributed by atoms with van der Waals surface area (Å²) in [7, 11) is 0. The van der Waals surface area contributed by atoms with Crippen LogP contribution in [0.4, 0.5) is 0 Å². The molecule has 1 saturated heterocycles. The first kappa shape index (κ1) is 19.0. The van der Waals surface area contributed by atoms with Gasteiger partial charge in [-0.1, -0.05) is 41.4 Å². The number of amides is 2. The number of rotatable bonds is 2. The number of likely N-dealkylation sites (tertiary alicyclic amines) is 1. The SMILES string of the molecule is Cc1ccc(C(=O)N2CCC(C(=O)N3CCc4c(Cl)cccc4C3)CC2)cc1. The highest BCUT2D eigenvalue weighted by atomic mass is 35.5. The van der Waals surface area contributed by atoms with Crippen LogP contribution in [0.3, 0.4) is 0 Å². The average Bonchev–Trinajstić information content (AvgIpc) is 2.73. The molecule has 0 unspecified atom stereocenters. The molecule has 4 rings (SSSR count). The Bertz CT molecular complexity index is 886. The minimum atomic E-state index is 0.00259. The number of nitrogens with zero attached hydrogens (tertiary/aromatic N) is 2. The molecule has 28 heavy (non-hydrogen) atoms. The molecular formula is C23H25ClN2O2. The van der Waals surface area contributed by atoms with Gasteiger partial charge in [0.15, 0.2) is 0 Å². The highest BCUT2D eigenvalue weighted by Gasteiger charge is 2.32. The van der Waals surface area contributed by atoms with Crippen molar-refractivity contribution in [1.82, 2.24) is 9.80 Å². The summed E-state index contributed by atoms with van der Waals surface area (Å²) in [5, 5.41) is 0.799. The fraction of sp³-hybridized carbons (Fsp3) is 0.391. The highest BCUT2D eigenvalue weighted by molar-refractivity contribution is 6.31. The topological polar surface area (TPSA) is 40.6 Å². The number of halogens is 1. The molecule has 2 aromatic rings. The first-order valence-electron chi connectivity index (χ1n) is 9.94. The Morgan fingerprint density at radius 3 is 2.39 bits per heavy atom. The first-order valence-corrected chi connectivity index (χ1v) is 10.3. The zero-order valence-corrected chi connectivity index (χ0v) is 16.9. The fourth-order valence-corrected chi connectivity index (χ4v) is 4.51. The third-order valence-electron chi connectivity index (χ3n) is 5.95. The van der Waals surface area contributed by atoms with Crippen LogP contribution in [0, 0.1) is 12.8 Å². The molecule has 2 aliphatic heterocycles. The van der Waals surface area contributed by atoms with Crippen molar-refractivity contribution >= 4 is 23.4 Å². The number of carbonyl (C=O) groups is 2. The predicted molar refractivity (Wildman–Crippen MR) is 110 cm³/mol. The summed E-state index contributed by atoms with van der Waals surface area (Å²) >= 11 is 6.28. The second-order valence-corrected chi connectivity index (χ2v) is 8.23. The third-order valence-corrected chi connectivity index (χ3v) is 6.30. The van der Waals surface area contributed by atoms with E-state index in [-0.39, 0.29) is 17.7 Å². The van der Waals surface area contributed by atoms with Crippen LogP contribution in [0.15, 0.2) is 42.5 Å². The lowest BCUT2D eigenvalue weighted by Crippen LogP contribution is -2.45. The van der Waals surface area contributed by atoms with E-state index < -0.39 is 0 Å². The minimum Gasteiger partial charge on any atom is -0.339 e. The van der Waals surface area contributed by atoms with Gasteiger partial charge in [-0.25, -0.2) is 0 Å². The molecule has 0 radical (unpaired) electrons. The van der Waals surface area contributed by atoms with Gasteiger partial charge < -0.3 is 9.80 Å². The molecule has 0 atom stereocenters. The smallest absolute Gasteiger partial charge is 0.253 e. The van der Waals surface area contributed by atoms with Crippen molar-refractivity contribution in [3.05, 3.63) is 69.7 Å². The predicted octanol–water partition coefficient (Wildman–Crippen LogP) is 4.09. The van der Waals surface area contributed by atoms with Gasteiger partial charge in [0.2, 0.25) is 5.91 Å². The minimum absolute atomic E-state index is 0.00259. The van der Waals surface area contributed by atoms with Crippen molar-refractivity contribution in [2.75, 3.05) is 19.6 Å². The summed E-state index contributed by atoms with van der Waals surface area (Å²) in [6.45, 7) is 4.65. The van der Waals surface area contributed by atoms with Crippen molar-refractivity contribution in [2.45, 2.75) is 32.7 Å². The molecule has 0 bridgehead atoms. The Balaban J connectivity index is 1.35. The van der Waals surface area contributed by atoms with Crippen LogP contribution in [0.1, 0.15) is 39.9 Å². The summed E-state index contributed by atoms with van der Waals surface area (Å²) in [5.41, 5.74) is 4.19. The molecule has 2 aromatic carbocycles. The summed E-state index contributed by atoms with van der Waals surface area (Å²) < 4.78 is 0. The van der Waals surface area contributed by atoms with Gasteiger partial charge in [0.05, 0.1) is 0 Å². The van der Waals surface area contributed by atoms with Gasteiger partial charge in [-0.05, 0) is 55.5 Å². The van der Waals surface area contributed by atoms with Gasteiger partial charge in [0.1, 0.15) is 0 Å². The summed E-state index contributed by atoms with van der Waals surface area (Å²) in [6.07, 6.45) is 2.27. The van der Waals surface area contributed by atoms with Crippen LogP contribution in [0.5, 0.6) is 0 Å². The Morgan fingerprint density at radius 1 is 0.964 bits per heavy atom. The van der Waals surface area contributed by atoms with Crippen molar-refractivity contribution in [2.24, 2.45) is 5.92 Å². The summed E-state index contributed by atoms with van der Waals surface area (Å²) in [4.78, 5) is 29.5. The van der Waals surface area contributed by atoms with Gasteiger partial charge in [-0.2, -0.15) is 0 Å². The standard InChI is InChI=1S/C23H25ClN2O2/c1-16-5-7-17(8-6-16)22(27)25-12-9-18(10-13-25)23(28)26-14-11-20-19(15-26)3-2-4-21(20)24/h2-8,18H,9-15H2,1H3. The quantitative estimate of drug-likeness (QED) is 0.767. The van der Waals surface area contributed by atoms with Crippen molar-refractivity contribution in [1.29, 1.82) is 0 Å². The number of carbonyl (C=O) groups excluding carboxylic acids is 2. The van der Waals surface area contributed by atoms with E-state index in [9.17, 15) is 9.59 Å². The average molecular weight is 397 g/mol. The molecule has 0 aromatic heterocycles. The lowest BCUT2D eigenvalue weighted by molar-refractivity contribution is -0.137. The first-order chi connectivity index (χ1) is 13.5. The molecule has 2 heterocycles. The molecule has 0 aliphatic carbocycles. The van der Waals surface area contributed by atoms with Crippen LogP contribution in [-0.2, 0) is 17.8 Å². The Hall–Kier alpha value is -2.33. The van der Waals surface area contributed by atoms with Crippen LogP contribution >= 0.6 is 11.6 Å². The van der Waals surface area contributed by atoms with Crippen LogP contribution in [0.25, 0.3) is 0 Å². The molecule has 2 amide bonds. The van der Waals surface area contributed by atoms with Gasteiger partial charge in [0, 0.05) is 42.7 Å². The number of piperidine rings is 1. The van der Waals surface area contributed by atoms with Crippen LogP contribution < -0.4 is 0 Å². The molecule has 0 N–H and O–H groups in total. The molecule has 0 spiro atoms. The monoisotopic (exact) mass is 396 g/mol. The molecule has 2 aliphatic rings. The number of hydrogen-bond acceptors (Lipinski definition) is 2. The Morgan fingerprint density at radius 2 is 1.68 bits per heavy atom. The zero-order chi connectivity index (χ0) is 19.7. The fourth-order valence-electron chi connectivity index (χ4n) is 4.22. The Labute approximate surface area is 171 Å². The van der Waals surface area contributed by atoms with E-state index in [1.807, 2.05) is 53.1 Å². The largest absolute Gasteiger partial charge is 0.339 e. The van der Waals surface area contributed by atoms with E-state index in [0.717, 1.165) is 47.5 Å². The maximum atomic E-state index is 13.0. The third kappa shape index (κ3) is 3.79. The zero-order valence-electron chi connectivity index (χ0n) is 16.2. The van der Waals surface area contributed by atoms with Gasteiger partial charge in [-0.3, -0.25) is 9.59 Å². The number of aryl methyl sites for hydroxylation is 1. The summed E-state index contributed by atoms with van der Waals surface area (Å²) in [6, 6.07) is 13.6. The van der Waals surface area contributed by atoms with E-state index in [4.69, 9.17) is 11.6 Å². The van der Waals surface area contributed by atoms with E-state index in [0.29, 0.717) is 19.6 Å². The second kappa shape index (κ2) is 7.96. The molecule has 4 nitrogen and oxygen atoms in total. The highest BCUT2D eigenvalue weighted by Crippen LogP contribution is 2.28. The van der Waals surface area contributed by atoms with Gasteiger partial charge in [-0.15, -0.1) is 0 Å². The lowest BCUT2D eigenvalue weighted by atomic mass is 9.92. The summed E-state index contributed by atoms with van der Waals surface area (Å²) in [5.74, 6) is 0.281. The second-order valence-electron chi connectivity index (χ2n) is 7.82. The van der Waals surface area contributed by atoms with E-state index in [2.05, 4.69) is 6.07 Å². The van der Waals surface area contributed by atoms with Crippen LogP contribution in [-0.4, -0.2) is 41.2 Å². The number of fused-ring (bicyclic) bond motifs is 1. The van der Waals surface area contributed by atoms with Crippen molar-refractivity contribution in [3.8, 4) is 0 Å².